The molecule has 0 aliphatic carbocycles. The summed E-state index contributed by atoms with van der Waals surface area (Å²) >= 11 is 0. The zero-order valence-electron chi connectivity index (χ0n) is 7.84. The highest BCUT2D eigenvalue weighted by Crippen LogP contribution is 1.88. The number of hydrogen-bond acceptors (Lipinski definition) is 4. The zero-order valence-corrected chi connectivity index (χ0v) is 7.84. The number of terminal acetylenes is 1. The summed E-state index contributed by atoms with van der Waals surface area (Å²) in [5, 5.41) is 13.1. The fourth-order valence-corrected chi connectivity index (χ4v) is 0.948. The molecule has 0 aliphatic rings. The van der Waals surface area contributed by atoms with Gasteiger partial charge in [-0.05, 0) is 17.4 Å². The number of nitrogens with zero attached hydrogens (tertiary/aromatic N) is 4. The third-order valence-electron chi connectivity index (χ3n) is 1.53. The van der Waals surface area contributed by atoms with Crippen LogP contribution in [0.2, 0.25) is 0 Å². The number of rotatable bonds is 4. The molecule has 6 nitrogen and oxygen atoms in total. The van der Waals surface area contributed by atoms with Crippen LogP contribution in [-0.4, -0.2) is 32.2 Å². The second-order valence-corrected chi connectivity index (χ2v) is 2.88. The molecule has 74 valence electrons. The summed E-state index contributed by atoms with van der Waals surface area (Å²) in [7, 11) is 0. The molecule has 1 rings (SSSR count). The molecule has 0 spiro atoms. The van der Waals surface area contributed by atoms with Crippen molar-refractivity contribution in [3.05, 3.63) is 6.33 Å². The Morgan fingerprint density at radius 2 is 2.57 bits per heavy atom. The molecule has 1 atom stereocenters. The van der Waals surface area contributed by atoms with Gasteiger partial charge in [0.2, 0.25) is 5.91 Å². The summed E-state index contributed by atoms with van der Waals surface area (Å²) in [6.45, 7) is 1.96. The average molecular weight is 193 g/mol. The summed E-state index contributed by atoms with van der Waals surface area (Å²) in [5.41, 5.74) is 0. The minimum Gasteiger partial charge on any atom is -0.351 e. The summed E-state index contributed by atoms with van der Waals surface area (Å²) in [6, 6.07) is -0.0241. The Bertz CT molecular complexity index is 326. The van der Waals surface area contributed by atoms with Gasteiger partial charge in [0.05, 0.1) is 0 Å². The first-order valence-corrected chi connectivity index (χ1v) is 4.16. The molecule has 1 aromatic heterocycles. The van der Waals surface area contributed by atoms with Crippen molar-refractivity contribution >= 4 is 5.91 Å². The summed E-state index contributed by atoms with van der Waals surface area (Å²) in [6.07, 6.45) is 7.00. The molecule has 1 amide bonds. The first-order chi connectivity index (χ1) is 6.72. The molecule has 1 N–H and O–H groups in total. The molecular weight excluding hydrogens is 182 g/mol. The highest BCUT2D eigenvalue weighted by molar-refractivity contribution is 5.75. The smallest absolute Gasteiger partial charge is 0.242 e. The van der Waals surface area contributed by atoms with Crippen molar-refractivity contribution in [3.8, 4) is 12.3 Å². The number of aromatic nitrogens is 4. The van der Waals surface area contributed by atoms with Crippen LogP contribution in [0.25, 0.3) is 0 Å². The first-order valence-electron chi connectivity index (χ1n) is 4.16. The lowest BCUT2D eigenvalue weighted by Gasteiger charge is -2.09. The van der Waals surface area contributed by atoms with Crippen LogP contribution in [0.15, 0.2) is 6.33 Å². The Labute approximate surface area is 81.7 Å². The first kappa shape index (κ1) is 10.2. The number of nitrogens with one attached hydrogen (secondary N) is 1. The molecule has 0 bridgehead atoms. The van der Waals surface area contributed by atoms with E-state index in [-0.39, 0.29) is 18.5 Å². The molecule has 1 aromatic rings. The molecule has 1 unspecified atom stereocenters. The lowest BCUT2D eigenvalue weighted by atomic mass is 10.2. The van der Waals surface area contributed by atoms with Gasteiger partial charge in [-0.25, -0.2) is 4.68 Å². The summed E-state index contributed by atoms with van der Waals surface area (Å²) in [5.74, 6) is 2.32. The van der Waals surface area contributed by atoms with Gasteiger partial charge in [-0.1, -0.05) is 0 Å². The molecule has 0 fully saturated rings. The van der Waals surface area contributed by atoms with Crippen LogP contribution in [0.5, 0.6) is 0 Å². The number of carbonyl (C=O) groups is 1. The van der Waals surface area contributed by atoms with Crippen LogP contribution in [0, 0.1) is 12.3 Å². The van der Waals surface area contributed by atoms with E-state index in [1.165, 1.54) is 11.0 Å². The topological polar surface area (TPSA) is 72.7 Å². The predicted molar refractivity (Wildman–Crippen MR) is 48.9 cm³/mol. The van der Waals surface area contributed by atoms with Gasteiger partial charge in [-0.15, -0.1) is 17.4 Å². The van der Waals surface area contributed by atoms with Gasteiger partial charge in [-0.2, -0.15) is 0 Å². The Morgan fingerprint density at radius 3 is 3.14 bits per heavy atom. The monoisotopic (exact) mass is 193 g/mol. The van der Waals surface area contributed by atoms with E-state index in [1.807, 2.05) is 6.92 Å². The van der Waals surface area contributed by atoms with Crippen molar-refractivity contribution in [2.75, 3.05) is 0 Å². The van der Waals surface area contributed by atoms with Gasteiger partial charge < -0.3 is 5.32 Å². The quantitative estimate of drug-likeness (QED) is 0.635. The van der Waals surface area contributed by atoms with Crippen molar-refractivity contribution in [2.45, 2.75) is 25.9 Å². The van der Waals surface area contributed by atoms with Crippen LogP contribution in [0.1, 0.15) is 13.3 Å². The molecule has 0 saturated carbocycles. The number of hydrogen-bond donors (Lipinski definition) is 1. The van der Waals surface area contributed by atoms with Crippen LogP contribution >= 0.6 is 0 Å². The van der Waals surface area contributed by atoms with E-state index in [0.29, 0.717) is 6.42 Å². The normalized spacial score (nSPS) is 11.7. The molecule has 14 heavy (non-hydrogen) atoms. The molecule has 0 aliphatic heterocycles. The highest BCUT2D eigenvalue weighted by atomic mass is 16.2. The number of tetrazole rings is 1. The second-order valence-electron chi connectivity index (χ2n) is 2.88. The lowest BCUT2D eigenvalue weighted by molar-refractivity contribution is -0.122. The van der Waals surface area contributed by atoms with Crippen LogP contribution in [0.4, 0.5) is 0 Å². The highest BCUT2D eigenvalue weighted by Gasteiger charge is 2.06. The minimum absolute atomic E-state index is 0.0241. The van der Waals surface area contributed by atoms with E-state index >= 15 is 0 Å². The van der Waals surface area contributed by atoms with E-state index in [4.69, 9.17) is 6.42 Å². The van der Waals surface area contributed by atoms with E-state index < -0.39 is 0 Å². The summed E-state index contributed by atoms with van der Waals surface area (Å²) in [4.78, 5) is 11.3. The largest absolute Gasteiger partial charge is 0.351 e. The third kappa shape index (κ3) is 3.23. The Balaban J connectivity index is 2.33. The molecule has 1 heterocycles. The van der Waals surface area contributed by atoms with Crippen molar-refractivity contribution in [3.63, 3.8) is 0 Å². The average Bonchev–Trinajstić information content (AvgIpc) is 2.56. The van der Waals surface area contributed by atoms with Crippen molar-refractivity contribution in [1.29, 1.82) is 0 Å². The molecular formula is C8H11N5O. The summed E-state index contributed by atoms with van der Waals surface area (Å²) < 4.78 is 1.35. The zero-order chi connectivity index (χ0) is 10.4. The fraction of sp³-hybridized carbons (Fsp3) is 0.500. The molecule has 0 radical (unpaired) electrons. The molecule has 0 aromatic carbocycles. The van der Waals surface area contributed by atoms with Gasteiger partial charge in [-0.3, -0.25) is 4.79 Å². The van der Waals surface area contributed by atoms with E-state index in [1.54, 1.807) is 0 Å². The van der Waals surface area contributed by atoms with E-state index in [0.717, 1.165) is 0 Å². The number of carbonyl (C=O) groups excluding carboxylic acids is 1. The molecule has 6 heteroatoms. The number of amides is 1. The van der Waals surface area contributed by atoms with Gasteiger partial charge in [0.1, 0.15) is 12.9 Å². The Morgan fingerprint density at radius 1 is 1.79 bits per heavy atom. The predicted octanol–water partition coefficient (Wildman–Crippen LogP) is -0.799. The van der Waals surface area contributed by atoms with Crippen LogP contribution < -0.4 is 5.32 Å². The third-order valence-corrected chi connectivity index (χ3v) is 1.53. The van der Waals surface area contributed by atoms with Crippen LogP contribution in [-0.2, 0) is 11.3 Å². The maximum Gasteiger partial charge on any atom is 0.242 e. The van der Waals surface area contributed by atoms with Gasteiger partial charge in [0.15, 0.2) is 0 Å². The van der Waals surface area contributed by atoms with Crippen molar-refractivity contribution < 1.29 is 4.79 Å². The maximum atomic E-state index is 11.3. The Hall–Kier alpha value is -1.90. The van der Waals surface area contributed by atoms with Crippen molar-refractivity contribution in [2.24, 2.45) is 0 Å². The fourth-order valence-electron chi connectivity index (χ4n) is 0.948. The van der Waals surface area contributed by atoms with E-state index in [2.05, 4.69) is 26.8 Å². The van der Waals surface area contributed by atoms with Crippen LogP contribution in [0.3, 0.4) is 0 Å². The van der Waals surface area contributed by atoms with Gasteiger partial charge in [0, 0.05) is 12.5 Å². The molecule has 0 saturated heterocycles. The second kappa shape index (κ2) is 4.97. The standard InChI is InChI=1S/C8H11N5O/c1-3-4-7(2)10-8(14)5-13-6-9-11-12-13/h1,6-7H,4-5H2,2H3,(H,10,14). The van der Waals surface area contributed by atoms with Crippen molar-refractivity contribution in [1.82, 2.24) is 25.5 Å². The Kier molecular flexibility index (Phi) is 3.61. The minimum atomic E-state index is -0.153. The van der Waals surface area contributed by atoms with E-state index in [9.17, 15) is 4.79 Å². The maximum absolute atomic E-state index is 11.3. The lowest BCUT2D eigenvalue weighted by Crippen LogP contribution is -2.34. The van der Waals surface area contributed by atoms with Gasteiger partial charge in [0.25, 0.3) is 0 Å². The van der Waals surface area contributed by atoms with Gasteiger partial charge >= 0.3 is 0 Å². The SMILES string of the molecule is C#CCC(C)NC(=O)Cn1cnnn1.